The van der Waals surface area contributed by atoms with Crippen LogP contribution < -0.4 is 0 Å². The number of methoxy groups -OCH3 is 1. The SMILES string of the molecule is CCCCC#Cc1ccccc1CC(CC(=O)C(C)C)C(=O)OC. The largest absolute Gasteiger partial charge is 0.469 e. The number of esters is 1. The first kappa shape index (κ1) is 20.0. The molecule has 0 aliphatic heterocycles. The first-order valence-electron chi connectivity index (χ1n) is 8.66. The lowest BCUT2D eigenvalue weighted by Crippen LogP contribution is -2.24. The van der Waals surface area contributed by atoms with Gasteiger partial charge in [-0.05, 0) is 24.5 Å². The maximum Gasteiger partial charge on any atom is 0.309 e. The third kappa shape index (κ3) is 6.58. The Kier molecular flexibility index (Phi) is 8.86. The van der Waals surface area contributed by atoms with E-state index in [1.165, 1.54) is 7.11 Å². The van der Waals surface area contributed by atoms with Gasteiger partial charge in [0.25, 0.3) is 0 Å². The van der Waals surface area contributed by atoms with Gasteiger partial charge >= 0.3 is 5.97 Å². The molecule has 0 aliphatic carbocycles. The molecule has 1 aromatic rings. The fourth-order valence-electron chi connectivity index (χ4n) is 2.39. The molecular formula is C21H28O3. The lowest BCUT2D eigenvalue weighted by Gasteiger charge is -2.16. The van der Waals surface area contributed by atoms with Gasteiger partial charge < -0.3 is 4.74 Å². The van der Waals surface area contributed by atoms with Crippen molar-refractivity contribution in [3.8, 4) is 11.8 Å². The van der Waals surface area contributed by atoms with E-state index in [9.17, 15) is 9.59 Å². The van der Waals surface area contributed by atoms with Crippen molar-refractivity contribution in [2.75, 3.05) is 7.11 Å². The summed E-state index contributed by atoms with van der Waals surface area (Å²) in [6.45, 7) is 5.84. The van der Waals surface area contributed by atoms with Crippen LogP contribution in [0.25, 0.3) is 0 Å². The molecule has 0 saturated carbocycles. The number of carbonyl (C=O) groups excluding carboxylic acids is 2. The van der Waals surface area contributed by atoms with Crippen LogP contribution in [-0.2, 0) is 20.7 Å². The highest BCUT2D eigenvalue weighted by Crippen LogP contribution is 2.19. The summed E-state index contributed by atoms with van der Waals surface area (Å²) in [6, 6.07) is 7.82. The predicted octanol–water partition coefficient (Wildman–Crippen LogP) is 4.18. The molecule has 0 N–H and O–H groups in total. The van der Waals surface area contributed by atoms with Gasteiger partial charge in [0.15, 0.2) is 0 Å². The monoisotopic (exact) mass is 328 g/mol. The third-order valence-corrected chi connectivity index (χ3v) is 3.99. The van der Waals surface area contributed by atoms with E-state index in [1.54, 1.807) is 0 Å². The first-order chi connectivity index (χ1) is 11.5. The van der Waals surface area contributed by atoms with Crippen LogP contribution in [0.2, 0.25) is 0 Å². The molecule has 0 radical (unpaired) electrons. The van der Waals surface area contributed by atoms with E-state index in [0.29, 0.717) is 6.42 Å². The van der Waals surface area contributed by atoms with Crippen molar-refractivity contribution in [3.05, 3.63) is 35.4 Å². The van der Waals surface area contributed by atoms with Crippen LogP contribution in [0.3, 0.4) is 0 Å². The van der Waals surface area contributed by atoms with Crippen molar-refractivity contribution in [1.82, 2.24) is 0 Å². The summed E-state index contributed by atoms with van der Waals surface area (Å²) in [5.74, 6) is 5.59. The summed E-state index contributed by atoms with van der Waals surface area (Å²) >= 11 is 0. The molecule has 0 aromatic heterocycles. The van der Waals surface area contributed by atoms with Crippen molar-refractivity contribution in [2.45, 2.75) is 52.9 Å². The van der Waals surface area contributed by atoms with Gasteiger partial charge in [0.1, 0.15) is 5.78 Å². The molecule has 1 unspecified atom stereocenters. The summed E-state index contributed by atoms with van der Waals surface area (Å²) in [5.41, 5.74) is 1.92. The maximum atomic E-state index is 12.1. The highest BCUT2D eigenvalue weighted by Gasteiger charge is 2.25. The Labute approximate surface area is 145 Å². The number of hydrogen-bond acceptors (Lipinski definition) is 3. The molecule has 1 atom stereocenters. The van der Waals surface area contributed by atoms with Crippen LogP contribution in [0.4, 0.5) is 0 Å². The lowest BCUT2D eigenvalue weighted by atomic mass is 9.89. The summed E-state index contributed by atoms with van der Waals surface area (Å²) < 4.78 is 4.89. The molecule has 3 heteroatoms. The van der Waals surface area contributed by atoms with Gasteiger partial charge in [0.2, 0.25) is 0 Å². The van der Waals surface area contributed by atoms with Gasteiger partial charge in [-0.1, -0.05) is 57.2 Å². The molecule has 0 amide bonds. The minimum atomic E-state index is -0.455. The maximum absolute atomic E-state index is 12.1. The zero-order valence-electron chi connectivity index (χ0n) is 15.2. The average Bonchev–Trinajstić information content (AvgIpc) is 2.58. The second-order valence-corrected chi connectivity index (χ2v) is 6.31. The summed E-state index contributed by atoms with van der Waals surface area (Å²) in [7, 11) is 1.37. The van der Waals surface area contributed by atoms with Crippen molar-refractivity contribution in [3.63, 3.8) is 0 Å². The smallest absolute Gasteiger partial charge is 0.309 e. The Morgan fingerprint density at radius 1 is 1.21 bits per heavy atom. The molecule has 3 nitrogen and oxygen atoms in total. The Bertz CT molecular complexity index is 605. The van der Waals surface area contributed by atoms with Crippen molar-refractivity contribution in [1.29, 1.82) is 0 Å². The number of carbonyl (C=O) groups is 2. The van der Waals surface area contributed by atoms with Gasteiger partial charge in [-0.3, -0.25) is 9.59 Å². The molecule has 130 valence electrons. The Morgan fingerprint density at radius 2 is 1.92 bits per heavy atom. The highest BCUT2D eigenvalue weighted by atomic mass is 16.5. The fraction of sp³-hybridized carbons (Fsp3) is 0.524. The molecule has 0 heterocycles. The van der Waals surface area contributed by atoms with Crippen LogP contribution in [-0.4, -0.2) is 18.9 Å². The van der Waals surface area contributed by atoms with Gasteiger partial charge in [0, 0.05) is 24.3 Å². The number of rotatable bonds is 8. The normalized spacial score (nSPS) is 11.5. The van der Waals surface area contributed by atoms with E-state index in [4.69, 9.17) is 4.74 Å². The van der Waals surface area contributed by atoms with E-state index in [2.05, 4.69) is 18.8 Å². The zero-order valence-corrected chi connectivity index (χ0v) is 15.2. The number of hydrogen-bond donors (Lipinski definition) is 0. The molecule has 0 aliphatic rings. The van der Waals surface area contributed by atoms with Crippen LogP contribution >= 0.6 is 0 Å². The zero-order chi connectivity index (χ0) is 17.9. The van der Waals surface area contributed by atoms with Gasteiger partial charge in [0.05, 0.1) is 13.0 Å². The van der Waals surface area contributed by atoms with Crippen LogP contribution in [0.15, 0.2) is 24.3 Å². The number of ether oxygens (including phenoxy) is 1. The fourth-order valence-corrected chi connectivity index (χ4v) is 2.39. The third-order valence-electron chi connectivity index (χ3n) is 3.99. The summed E-state index contributed by atoms with van der Waals surface area (Å²) in [4.78, 5) is 24.1. The minimum absolute atomic E-state index is 0.0805. The summed E-state index contributed by atoms with van der Waals surface area (Å²) in [5, 5.41) is 0. The van der Waals surface area contributed by atoms with Gasteiger partial charge in [-0.25, -0.2) is 0 Å². The Balaban J connectivity index is 2.94. The topological polar surface area (TPSA) is 43.4 Å². The van der Waals surface area contributed by atoms with E-state index in [-0.39, 0.29) is 24.1 Å². The van der Waals surface area contributed by atoms with E-state index in [1.807, 2.05) is 38.1 Å². The minimum Gasteiger partial charge on any atom is -0.469 e. The second-order valence-electron chi connectivity index (χ2n) is 6.31. The lowest BCUT2D eigenvalue weighted by molar-refractivity contribution is -0.147. The van der Waals surface area contributed by atoms with Crippen LogP contribution in [0.5, 0.6) is 0 Å². The predicted molar refractivity (Wildman–Crippen MR) is 96.5 cm³/mol. The second kappa shape index (κ2) is 10.6. The highest BCUT2D eigenvalue weighted by molar-refractivity contribution is 5.85. The quantitative estimate of drug-likeness (QED) is 0.408. The molecule has 0 bridgehead atoms. The van der Waals surface area contributed by atoms with Crippen molar-refractivity contribution >= 4 is 11.8 Å². The molecular weight excluding hydrogens is 300 g/mol. The average molecular weight is 328 g/mol. The number of unbranched alkanes of at least 4 members (excludes halogenated alkanes) is 2. The van der Waals surface area contributed by atoms with E-state index >= 15 is 0 Å². The van der Waals surface area contributed by atoms with E-state index < -0.39 is 5.92 Å². The van der Waals surface area contributed by atoms with Crippen molar-refractivity contribution in [2.24, 2.45) is 11.8 Å². The molecule has 0 saturated heterocycles. The van der Waals surface area contributed by atoms with Gasteiger partial charge in [-0.2, -0.15) is 0 Å². The molecule has 0 spiro atoms. The first-order valence-corrected chi connectivity index (χ1v) is 8.66. The molecule has 0 fully saturated rings. The van der Waals surface area contributed by atoms with Crippen LogP contribution in [0, 0.1) is 23.7 Å². The van der Waals surface area contributed by atoms with E-state index in [0.717, 1.165) is 30.4 Å². The summed E-state index contributed by atoms with van der Waals surface area (Å²) in [6.07, 6.45) is 3.77. The standard InChI is InChI=1S/C21H28O3/c1-5-6-7-8-11-17-12-9-10-13-18(17)14-19(21(23)24-4)15-20(22)16(2)3/h9-10,12-13,16,19H,5-7,14-15H2,1-4H3. The molecule has 24 heavy (non-hydrogen) atoms. The number of Topliss-reactive ketones (excluding diaryl/α,β-unsaturated/α-hetero) is 1. The Morgan fingerprint density at radius 3 is 2.54 bits per heavy atom. The van der Waals surface area contributed by atoms with Crippen molar-refractivity contribution < 1.29 is 14.3 Å². The molecule has 1 aromatic carbocycles. The number of ketones is 1. The van der Waals surface area contributed by atoms with Gasteiger partial charge in [-0.15, -0.1) is 0 Å². The number of benzene rings is 1. The molecule has 1 rings (SSSR count). The van der Waals surface area contributed by atoms with Crippen LogP contribution in [0.1, 0.15) is 57.6 Å². The Hall–Kier alpha value is -2.08.